The molecule has 4 fully saturated rings. The van der Waals surface area contributed by atoms with Crippen LogP contribution in [-0.2, 0) is 0 Å². The summed E-state index contributed by atoms with van der Waals surface area (Å²) in [6, 6.07) is 0.574. The quantitative estimate of drug-likeness (QED) is 0.830. The molecule has 110 valence electrons. The molecule has 3 heterocycles. The van der Waals surface area contributed by atoms with Gasteiger partial charge in [0.05, 0.1) is 6.04 Å². The van der Waals surface area contributed by atoms with Crippen LogP contribution in [0.1, 0.15) is 39.5 Å². The van der Waals surface area contributed by atoms with Gasteiger partial charge in [0.15, 0.2) is 0 Å². The van der Waals surface area contributed by atoms with Crippen LogP contribution in [0.25, 0.3) is 0 Å². The zero-order valence-corrected chi connectivity index (χ0v) is 11.9. The van der Waals surface area contributed by atoms with Crippen molar-refractivity contribution in [3.05, 3.63) is 0 Å². The van der Waals surface area contributed by atoms with E-state index in [1.54, 1.807) is 0 Å². The van der Waals surface area contributed by atoms with Gasteiger partial charge in [0.25, 0.3) is 5.92 Å². The van der Waals surface area contributed by atoms with Crippen molar-refractivity contribution in [1.29, 1.82) is 0 Å². The highest BCUT2D eigenvalue weighted by atomic mass is 19.3. The van der Waals surface area contributed by atoms with Crippen LogP contribution in [0.4, 0.5) is 8.78 Å². The molecule has 2 unspecified atom stereocenters. The number of piperazine rings is 1. The van der Waals surface area contributed by atoms with Crippen molar-refractivity contribution in [1.82, 2.24) is 9.80 Å². The minimum atomic E-state index is -2.68. The molecule has 1 saturated carbocycles. The zero-order chi connectivity index (χ0) is 13.8. The third-order valence-electron chi connectivity index (χ3n) is 5.26. The van der Waals surface area contributed by atoms with Crippen molar-refractivity contribution >= 4 is 0 Å². The molecule has 4 aliphatic rings. The highest BCUT2D eigenvalue weighted by Crippen LogP contribution is 2.40. The molecule has 0 spiro atoms. The van der Waals surface area contributed by atoms with E-state index in [-0.39, 0.29) is 12.5 Å². The Morgan fingerprint density at radius 3 is 2.42 bits per heavy atom. The number of fused-ring (bicyclic) bond motifs is 2. The van der Waals surface area contributed by atoms with Gasteiger partial charge < -0.3 is 5.73 Å². The van der Waals surface area contributed by atoms with E-state index < -0.39 is 12.0 Å². The van der Waals surface area contributed by atoms with E-state index in [0.29, 0.717) is 24.5 Å². The monoisotopic (exact) mass is 273 g/mol. The first kappa shape index (κ1) is 13.7. The Morgan fingerprint density at radius 1 is 1.21 bits per heavy atom. The summed E-state index contributed by atoms with van der Waals surface area (Å²) in [7, 11) is 0. The summed E-state index contributed by atoms with van der Waals surface area (Å²) >= 11 is 0. The maximum absolute atomic E-state index is 13.8. The largest absolute Gasteiger partial charge is 0.321 e. The molecule has 3 aliphatic heterocycles. The number of hydrogen-bond donors (Lipinski definition) is 1. The van der Waals surface area contributed by atoms with Crippen LogP contribution in [0.5, 0.6) is 0 Å². The third kappa shape index (κ3) is 2.20. The Kier molecular flexibility index (Phi) is 3.35. The Labute approximate surface area is 114 Å². The molecule has 4 rings (SSSR count). The van der Waals surface area contributed by atoms with Crippen LogP contribution < -0.4 is 5.73 Å². The minimum Gasteiger partial charge on any atom is -0.321 e. The average molecular weight is 273 g/mol. The van der Waals surface area contributed by atoms with Gasteiger partial charge in [-0.1, -0.05) is 0 Å². The molecule has 0 aromatic carbocycles. The Hall–Kier alpha value is -0.260. The summed E-state index contributed by atoms with van der Waals surface area (Å²) < 4.78 is 27.5. The Bertz CT molecular complexity index is 336. The third-order valence-corrected chi connectivity index (χ3v) is 5.26. The van der Waals surface area contributed by atoms with Crippen LogP contribution in [0.2, 0.25) is 0 Å². The summed E-state index contributed by atoms with van der Waals surface area (Å²) in [5.74, 6) is -2.68. The summed E-state index contributed by atoms with van der Waals surface area (Å²) in [6.45, 7) is 6.27. The van der Waals surface area contributed by atoms with Crippen molar-refractivity contribution in [2.24, 2.45) is 5.73 Å². The minimum absolute atomic E-state index is 0.0382. The normalized spacial score (nSPS) is 43.3. The molecule has 5 heteroatoms. The van der Waals surface area contributed by atoms with Crippen molar-refractivity contribution in [3.63, 3.8) is 0 Å². The van der Waals surface area contributed by atoms with Crippen LogP contribution in [0.3, 0.4) is 0 Å². The van der Waals surface area contributed by atoms with E-state index in [1.165, 1.54) is 6.42 Å². The van der Waals surface area contributed by atoms with E-state index >= 15 is 0 Å². The first-order chi connectivity index (χ1) is 8.90. The lowest BCUT2D eigenvalue weighted by Gasteiger charge is -2.60. The summed E-state index contributed by atoms with van der Waals surface area (Å²) in [5, 5.41) is 0. The van der Waals surface area contributed by atoms with Crippen molar-refractivity contribution in [2.45, 2.75) is 75.7 Å². The molecule has 19 heavy (non-hydrogen) atoms. The van der Waals surface area contributed by atoms with Crippen LogP contribution in [0.15, 0.2) is 0 Å². The lowest BCUT2D eigenvalue weighted by atomic mass is 9.81. The molecule has 1 aliphatic carbocycles. The summed E-state index contributed by atoms with van der Waals surface area (Å²) in [4.78, 5) is 4.78. The van der Waals surface area contributed by atoms with Gasteiger partial charge in [-0.05, 0) is 33.1 Å². The van der Waals surface area contributed by atoms with Crippen molar-refractivity contribution in [3.8, 4) is 0 Å². The number of alkyl halides is 2. The molecular weight excluding hydrogens is 248 g/mol. The molecule has 0 amide bonds. The number of nitrogens with zero attached hydrogens (tertiary/aromatic N) is 2. The second-order valence-electron chi connectivity index (χ2n) is 6.78. The van der Waals surface area contributed by atoms with Gasteiger partial charge in [-0.3, -0.25) is 9.80 Å². The zero-order valence-electron chi connectivity index (χ0n) is 11.9. The van der Waals surface area contributed by atoms with E-state index in [4.69, 9.17) is 5.73 Å². The fourth-order valence-corrected chi connectivity index (χ4v) is 4.37. The maximum atomic E-state index is 13.8. The van der Waals surface area contributed by atoms with Gasteiger partial charge in [-0.25, -0.2) is 8.78 Å². The lowest BCUT2D eigenvalue weighted by molar-refractivity contribution is -0.132. The average Bonchev–Trinajstić information content (AvgIpc) is 2.31. The van der Waals surface area contributed by atoms with Gasteiger partial charge >= 0.3 is 0 Å². The standard InChI is InChI=1S/C14H25F2N3/c1-9(2)19-10-6-11(19)8-18(7-10)12-4-3-5-14(15,16)13(12)17/h9-13H,3-8,17H2,1-2H3/t10?,11?,12-,13+/m0/s1. The number of nitrogens with two attached hydrogens (primary N) is 1. The second-order valence-corrected chi connectivity index (χ2v) is 6.78. The fourth-order valence-electron chi connectivity index (χ4n) is 4.37. The Morgan fingerprint density at radius 2 is 1.84 bits per heavy atom. The van der Waals surface area contributed by atoms with Gasteiger partial charge in [0, 0.05) is 43.7 Å². The Balaban J connectivity index is 1.66. The van der Waals surface area contributed by atoms with Crippen molar-refractivity contribution < 1.29 is 8.78 Å². The number of hydrogen-bond acceptors (Lipinski definition) is 3. The molecule has 3 saturated heterocycles. The summed E-state index contributed by atoms with van der Waals surface area (Å²) in [6.07, 6.45) is 2.62. The van der Waals surface area contributed by atoms with Crippen LogP contribution in [0, 0.1) is 0 Å². The molecule has 2 N–H and O–H groups in total. The smallest absolute Gasteiger partial charge is 0.264 e. The molecule has 0 aromatic heterocycles. The number of piperidine rings is 1. The SMILES string of the molecule is CC(C)N1C2CC1CN([C@H]1CCCC(F)(F)[C@@H]1N)C2. The summed E-state index contributed by atoms with van der Waals surface area (Å²) in [5.41, 5.74) is 5.84. The van der Waals surface area contributed by atoms with E-state index in [2.05, 4.69) is 23.6 Å². The predicted molar refractivity (Wildman–Crippen MR) is 71.3 cm³/mol. The van der Waals surface area contributed by atoms with Crippen molar-refractivity contribution in [2.75, 3.05) is 13.1 Å². The van der Waals surface area contributed by atoms with E-state index in [0.717, 1.165) is 19.5 Å². The molecule has 0 aromatic rings. The van der Waals surface area contributed by atoms with Gasteiger partial charge in [-0.2, -0.15) is 0 Å². The molecule has 3 nitrogen and oxygen atoms in total. The van der Waals surface area contributed by atoms with Crippen LogP contribution in [-0.4, -0.2) is 59.0 Å². The lowest BCUT2D eigenvalue weighted by Crippen LogP contribution is -2.73. The molecule has 4 atom stereocenters. The molecule has 2 bridgehead atoms. The number of halogens is 2. The van der Waals surface area contributed by atoms with Gasteiger partial charge in [0.1, 0.15) is 0 Å². The number of rotatable bonds is 2. The second kappa shape index (κ2) is 4.64. The predicted octanol–water partition coefficient (Wildman–Crippen LogP) is 1.67. The van der Waals surface area contributed by atoms with Gasteiger partial charge in [0.2, 0.25) is 0 Å². The van der Waals surface area contributed by atoms with E-state index in [1.807, 2.05) is 0 Å². The maximum Gasteiger partial charge on any atom is 0.264 e. The molecule has 0 radical (unpaired) electrons. The first-order valence-electron chi connectivity index (χ1n) is 7.55. The molecular formula is C14H25F2N3. The first-order valence-corrected chi connectivity index (χ1v) is 7.55. The van der Waals surface area contributed by atoms with E-state index in [9.17, 15) is 8.78 Å². The fraction of sp³-hybridized carbons (Fsp3) is 1.00. The highest BCUT2D eigenvalue weighted by molar-refractivity contribution is 5.06. The topological polar surface area (TPSA) is 32.5 Å². The highest BCUT2D eigenvalue weighted by Gasteiger charge is 2.52. The van der Waals surface area contributed by atoms with Crippen LogP contribution >= 0.6 is 0 Å². The van der Waals surface area contributed by atoms with Gasteiger partial charge in [-0.15, -0.1) is 0 Å².